The van der Waals surface area contributed by atoms with Gasteiger partial charge in [-0.2, -0.15) is 5.10 Å². The minimum Gasteiger partial charge on any atom is -0.456 e. The van der Waals surface area contributed by atoms with E-state index in [0.29, 0.717) is 25.5 Å². The fourth-order valence-electron chi connectivity index (χ4n) is 3.34. The molecule has 0 N–H and O–H groups in total. The molecule has 6 nitrogen and oxygen atoms in total. The highest BCUT2D eigenvalue weighted by atomic mass is 16.5. The van der Waals surface area contributed by atoms with Gasteiger partial charge in [0.25, 0.3) is 5.91 Å². The van der Waals surface area contributed by atoms with E-state index in [2.05, 4.69) is 5.10 Å². The van der Waals surface area contributed by atoms with Crippen LogP contribution in [-0.2, 0) is 11.8 Å². The lowest BCUT2D eigenvalue weighted by Gasteiger charge is -2.35. The maximum absolute atomic E-state index is 13.0. The first-order valence-electron chi connectivity index (χ1n) is 7.86. The Balaban J connectivity index is 1.99. The number of aryl methyl sites for hydroxylation is 4. The van der Waals surface area contributed by atoms with Crippen molar-refractivity contribution in [2.24, 2.45) is 7.05 Å². The zero-order valence-electron chi connectivity index (χ0n) is 14.3. The molecule has 1 aliphatic rings. The van der Waals surface area contributed by atoms with Crippen molar-refractivity contribution in [2.75, 3.05) is 19.8 Å². The van der Waals surface area contributed by atoms with E-state index in [9.17, 15) is 4.79 Å². The van der Waals surface area contributed by atoms with Gasteiger partial charge in [-0.15, -0.1) is 0 Å². The summed E-state index contributed by atoms with van der Waals surface area (Å²) < 4.78 is 13.1. The van der Waals surface area contributed by atoms with Crippen LogP contribution in [0.4, 0.5) is 0 Å². The molecule has 2 aromatic rings. The molecule has 1 amide bonds. The van der Waals surface area contributed by atoms with Gasteiger partial charge in [0.2, 0.25) is 0 Å². The lowest BCUT2D eigenvalue weighted by atomic mass is 10.0. The Morgan fingerprint density at radius 3 is 2.61 bits per heavy atom. The zero-order valence-corrected chi connectivity index (χ0v) is 14.3. The van der Waals surface area contributed by atoms with Crippen molar-refractivity contribution in [1.29, 1.82) is 0 Å². The lowest BCUT2D eigenvalue weighted by molar-refractivity contribution is -0.00471. The average Bonchev–Trinajstić information content (AvgIpc) is 2.97. The second kappa shape index (κ2) is 5.85. The predicted octanol–water partition coefficient (Wildman–Crippen LogP) is 2.46. The first-order valence-corrected chi connectivity index (χ1v) is 7.86. The summed E-state index contributed by atoms with van der Waals surface area (Å²) in [4.78, 5) is 14.8. The summed E-state index contributed by atoms with van der Waals surface area (Å²) >= 11 is 0. The molecule has 1 atom stereocenters. The molecule has 1 fully saturated rings. The van der Waals surface area contributed by atoms with Crippen LogP contribution in [0.25, 0.3) is 0 Å². The molecule has 0 saturated carbocycles. The van der Waals surface area contributed by atoms with Crippen molar-refractivity contribution in [1.82, 2.24) is 14.7 Å². The number of carbonyl (C=O) groups excluding carboxylic acids is 1. The fourth-order valence-corrected chi connectivity index (χ4v) is 3.34. The number of amides is 1. The number of aromatic nitrogens is 2. The van der Waals surface area contributed by atoms with E-state index < -0.39 is 0 Å². The molecular weight excluding hydrogens is 294 g/mol. The largest absolute Gasteiger partial charge is 0.456 e. The number of hydrogen-bond acceptors (Lipinski definition) is 4. The van der Waals surface area contributed by atoms with Crippen LogP contribution in [-0.4, -0.2) is 40.3 Å². The molecule has 0 unspecified atom stereocenters. The summed E-state index contributed by atoms with van der Waals surface area (Å²) in [6.07, 6.45) is 0. The van der Waals surface area contributed by atoms with Crippen molar-refractivity contribution < 1.29 is 13.9 Å². The first-order chi connectivity index (χ1) is 10.9. The van der Waals surface area contributed by atoms with Crippen molar-refractivity contribution in [3.8, 4) is 0 Å². The van der Waals surface area contributed by atoms with Gasteiger partial charge in [0.1, 0.15) is 5.76 Å². The summed E-state index contributed by atoms with van der Waals surface area (Å²) in [6.45, 7) is 9.33. The van der Waals surface area contributed by atoms with E-state index in [1.165, 1.54) is 0 Å². The summed E-state index contributed by atoms with van der Waals surface area (Å²) in [5.74, 6) is 1.10. The normalized spacial score (nSPS) is 18.5. The van der Waals surface area contributed by atoms with Gasteiger partial charge in [0.15, 0.2) is 5.76 Å². The van der Waals surface area contributed by atoms with Crippen LogP contribution in [0.3, 0.4) is 0 Å². The Hall–Kier alpha value is -2.08. The van der Waals surface area contributed by atoms with E-state index in [-0.39, 0.29) is 11.9 Å². The Morgan fingerprint density at radius 2 is 2.04 bits per heavy atom. The Bertz CT molecular complexity index is 745. The smallest absolute Gasteiger partial charge is 0.290 e. The van der Waals surface area contributed by atoms with Crippen LogP contribution in [0.5, 0.6) is 0 Å². The number of hydrogen-bond donors (Lipinski definition) is 0. The summed E-state index contributed by atoms with van der Waals surface area (Å²) in [5.41, 5.74) is 3.94. The van der Waals surface area contributed by atoms with E-state index in [4.69, 9.17) is 9.15 Å². The standard InChI is InChI=1S/C17H23N3O3/c1-10-8-11(2)23-16(10)17(21)20-6-7-22-9-14(20)15-12(3)18-19(5)13(15)4/h8,14H,6-7,9H2,1-5H3/t14-/m0/s1. The van der Waals surface area contributed by atoms with Gasteiger partial charge < -0.3 is 14.1 Å². The topological polar surface area (TPSA) is 60.5 Å². The molecule has 3 heterocycles. The van der Waals surface area contributed by atoms with Gasteiger partial charge in [0, 0.05) is 30.4 Å². The van der Waals surface area contributed by atoms with E-state index in [1.807, 2.05) is 50.4 Å². The van der Waals surface area contributed by atoms with Crippen molar-refractivity contribution in [3.05, 3.63) is 40.1 Å². The molecule has 6 heteroatoms. The molecule has 0 radical (unpaired) electrons. The molecule has 0 aliphatic carbocycles. The number of furan rings is 1. The molecule has 3 rings (SSSR count). The van der Waals surface area contributed by atoms with Crippen LogP contribution in [0.2, 0.25) is 0 Å². The Kier molecular flexibility index (Phi) is 4.02. The second-order valence-electron chi connectivity index (χ2n) is 6.17. The van der Waals surface area contributed by atoms with E-state index in [0.717, 1.165) is 28.3 Å². The third-order valence-corrected chi connectivity index (χ3v) is 4.52. The van der Waals surface area contributed by atoms with Crippen LogP contribution in [0.1, 0.15) is 44.9 Å². The number of rotatable bonds is 2. The van der Waals surface area contributed by atoms with Crippen molar-refractivity contribution in [3.63, 3.8) is 0 Å². The molecule has 0 aromatic carbocycles. The molecular formula is C17H23N3O3. The van der Waals surface area contributed by atoms with Crippen LogP contribution in [0, 0.1) is 27.7 Å². The summed E-state index contributed by atoms with van der Waals surface area (Å²) in [5, 5.41) is 4.47. The maximum atomic E-state index is 13.0. The highest BCUT2D eigenvalue weighted by Gasteiger charge is 2.34. The van der Waals surface area contributed by atoms with Gasteiger partial charge in [-0.1, -0.05) is 0 Å². The third-order valence-electron chi connectivity index (χ3n) is 4.52. The highest BCUT2D eigenvalue weighted by Crippen LogP contribution is 2.31. The summed E-state index contributed by atoms with van der Waals surface area (Å²) in [6, 6.07) is 1.76. The first kappa shape index (κ1) is 15.8. The van der Waals surface area contributed by atoms with Gasteiger partial charge in [0.05, 0.1) is 24.9 Å². The predicted molar refractivity (Wildman–Crippen MR) is 85.5 cm³/mol. The van der Waals surface area contributed by atoms with Crippen molar-refractivity contribution >= 4 is 5.91 Å². The molecule has 23 heavy (non-hydrogen) atoms. The SMILES string of the molecule is Cc1cc(C)c(C(=O)N2CCOC[C@H]2c2c(C)nn(C)c2C)o1. The van der Waals surface area contributed by atoms with Crippen molar-refractivity contribution in [2.45, 2.75) is 33.7 Å². The lowest BCUT2D eigenvalue weighted by Crippen LogP contribution is -2.43. The van der Waals surface area contributed by atoms with E-state index >= 15 is 0 Å². The van der Waals surface area contributed by atoms with Crippen LogP contribution in [0.15, 0.2) is 10.5 Å². The van der Waals surface area contributed by atoms with E-state index in [1.54, 1.807) is 0 Å². The molecule has 2 aromatic heterocycles. The van der Waals surface area contributed by atoms with Crippen LogP contribution < -0.4 is 0 Å². The molecule has 124 valence electrons. The summed E-state index contributed by atoms with van der Waals surface area (Å²) in [7, 11) is 1.92. The molecule has 0 bridgehead atoms. The minimum absolute atomic E-state index is 0.0773. The Morgan fingerprint density at radius 1 is 1.30 bits per heavy atom. The fraction of sp³-hybridized carbons (Fsp3) is 0.529. The van der Waals surface area contributed by atoms with Gasteiger partial charge in [-0.3, -0.25) is 9.48 Å². The Labute approximate surface area is 136 Å². The van der Waals surface area contributed by atoms with Gasteiger partial charge >= 0.3 is 0 Å². The second-order valence-corrected chi connectivity index (χ2v) is 6.17. The minimum atomic E-state index is -0.130. The third kappa shape index (κ3) is 2.67. The molecule has 1 saturated heterocycles. The quantitative estimate of drug-likeness (QED) is 0.853. The average molecular weight is 317 g/mol. The van der Waals surface area contributed by atoms with Gasteiger partial charge in [-0.05, 0) is 33.8 Å². The zero-order chi connectivity index (χ0) is 16.7. The molecule has 0 spiro atoms. The highest BCUT2D eigenvalue weighted by molar-refractivity contribution is 5.93. The van der Waals surface area contributed by atoms with Crippen LogP contribution >= 0.6 is 0 Å². The van der Waals surface area contributed by atoms with Gasteiger partial charge in [-0.25, -0.2) is 0 Å². The maximum Gasteiger partial charge on any atom is 0.290 e. The number of carbonyl (C=O) groups is 1. The number of morpholine rings is 1. The monoisotopic (exact) mass is 317 g/mol. The number of ether oxygens (including phenoxy) is 1. The number of nitrogens with zero attached hydrogens (tertiary/aromatic N) is 3. The molecule has 1 aliphatic heterocycles.